The lowest BCUT2D eigenvalue weighted by molar-refractivity contribution is 0.112. The Bertz CT molecular complexity index is 331. The Hall–Kier alpha value is -1.22. The Morgan fingerprint density at radius 2 is 2.38 bits per heavy atom. The van der Waals surface area contributed by atoms with Crippen molar-refractivity contribution >= 4 is 6.29 Å². The topological polar surface area (TPSA) is 56.0 Å². The van der Waals surface area contributed by atoms with Gasteiger partial charge in [0, 0.05) is 29.4 Å². The maximum absolute atomic E-state index is 10.5. The minimum Gasteiger partial charge on any atom is -0.330 e. The van der Waals surface area contributed by atoms with Crippen LogP contribution in [0.1, 0.15) is 28.9 Å². The Balaban J connectivity index is 2.35. The highest BCUT2D eigenvalue weighted by molar-refractivity contribution is 5.74. The van der Waals surface area contributed by atoms with Crippen molar-refractivity contribution in [2.45, 2.75) is 18.3 Å². The van der Waals surface area contributed by atoms with Gasteiger partial charge in [0.25, 0.3) is 0 Å². The van der Waals surface area contributed by atoms with Crippen molar-refractivity contribution in [3.63, 3.8) is 0 Å². The average molecular weight is 176 g/mol. The molecule has 0 atom stereocenters. The summed E-state index contributed by atoms with van der Waals surface area (Å²) in [7, 11) is 0. The van der Waals surface area contributed by atoms with Gasteiger partial charge in [0.15, 0.2) is 0 Å². The molecule has 1 aliphatic carbocycles. The summed E-state index contributed by atoms with van der Waals surface area (Å²) < 4.78 is 0. The highest BCUT2D eigenvalue weighted by Gasteiger charge is 2.44. The van der Waals surface area contributed by atoms with E-state index >= 15 is 0 Å². The highest BCUT2D eigenvalue weighted by Crippen LogP contribution is 2.46. The van der Waals surface area contributed by atoms with Crippen LogP contribution in [0.2, 0.25) is 0 Å². The molecule has 0 aliphatic heterocycles. The molecule has 1 saturated carbocycles. The summed E-state index contributed by atoms with van der Waals surface area (Å²) in [5, 5.41) is 0. The molecule has 0 aromatic carbocycles. The van der Waals surface area contributed by atoms with Gasteiger partial charge in [-0.15, -0.1) is 0 Å². The monoisotopic (exact) mass is 176 g/mol. The first kappa shape index (κ1) is 8.38. The van der Waals surface area contributed by atoms with E-state index in [4.69, 9.17) is 5.73 Å². The maximum atomic E-state index is 10.5. The molecule has 2 N–H and O–H groups in total. The lowest BCUT2D eigenvalue weighted by Gasteiger charge is -2.10. The summed E-state index contributed by atoms with van der Waals surface area (Å²) in [5.74, 6) is 0. The Morgan fingerprint density at radius 1 is 1.62 bits per heavy atom. The van der Waals surface area contributed by atoms with Gasteiger partial charge in [0.05, 0.1) is 0 Å². The van der Waals surface area contributed by atoms with Crippen molar-refractivity contribution in [3.05, 3.63) is 29.6 Å². The van der Waals surface area contributed by atoms with E-state index in [1.54, 1.807) is 12.3 Å². The van der Waals surface area contributed by atoms with Gasteiger partial charge >= 0.3 is 0 Å². The van der Waals surface area contributed by atoms with Crippen molar-refractivity contribution in [1.29, 1.82) is 0 Å². The zero-order chi connectivity index (χ0) is 9.31. The van der Waals surface area contributed by atoms with Crippen LogP contribution in [0.4, 0.5) is 0 Å². The van der Waals surface area contributed by atoms with Crippen LogP contribution in [0.3, 0.4) is 0 Å². The van der Waals surface area contributed by atoms with Crippen molar-refractivity contribution in [1.82, 2.24) is 4.98 Å². The van der Waals surface area contributed by atoms with E-state index in [0.29, 0.717) is 12.1 Å². The van der Waals surface area contributed by atoms with E-state index in [9.17, 15) is 4.79 Å². The predicted octanol–water partition coefficient (Wildman–Crippen LogP) is 0.884. The number of carbonyl (C=O) groups excluding carboxylic acids is 1. The molecule has 0 bridgehead atoms. The second-order valence-corrected chi connectivity index (χ2v) is 3.58. The lowest BCUT2D eigenvalue weighted by Crippen LogP contribution is -2.21. The molecule has 0 radical (unpaired) electrons. The molecule has 1 aliphatic rings. The number of hydrogen-bond donors (Lipinski definition) is 1. The predicted molar refractivity (Wildman–Crippen MR) is 49.6 cm³/mol. The molecular formula is C10H12N2O. The zero-order valence-corrected chi connectivity index (χ0v) is 7.36. The Kier molecular flexibility index (Phi) is 1.88. The SMILES string of the molecule is NCC1(c2cc(C=O)ccn2)CC1. The summed E-state index contributed by atoms with van der Waals surface area (Å²) in [6.45, 7) is 0.627. The van der Waals surface area contributed by atoms with Crippen molar-refractivity contribution in [2.24, 2.45) is 5.73 Å². The van der Waals surface area contributed by atoms with E-state index in [2.05, 4.69) is 4.98 Å². The Labute approximate surface area is 77.0 Å². The molecule has 13 heavy (non-hydrogen) atoms. The summed E-state index contributed by atoms with van der Waals surface area (Å²) in [5.41, 5.74) is 7.40. The molecule has 0 saturated heterocycles. The molecule has 1 aromatic rings. The van der Waals surface area contributed by atoms with Crippen LogP contribution in [-0.2, 0) is 5.41 Å². The van der Waals surface area contributed by atoms with Crippen molar-refractivity contribution in [3.8, 4) is 0 Å². The van der Waals surface area contributed by atoms with Gasteiger partial charge in [0.1, 0.15) is 6.29 Å². The first-order valence-electron chi connectivity index (χ1n) is 4.42. The maximum Gasteiger partial charge on any atom is 0.150 e. The number of pyridine rings is 1. The first-order chi connectivity index (χ1) is 6.30. The quantitative estimate of drug-likeness (QED) is 0.696. The molecule has 1 aromatic heterocycles. The molecule has 1 fully saturated rings. The van der Waals surface area contributed by atoms with Crippen LogP contribution in [0, 0.1) is 0 Å². The molecule has 3 nitrogen and oxygen atoms in total. The molecule has 0 spiro atoms. The normalized spacial score (nSPS) is 18.2. The van der Waals surface area contributed by atoms with Gasteiger partial charge in [-0.05, 0) is 25.0 Å². The number of carbonyl (C=O) groups is 1. The lowest BCUT2D eigenvalue weighted by atomic mass is 10.0. The van der Waals surface area contributed by atoms with Gasteiger partial charge in [-0.3, -0.25) is 9.78 Å². The number of aromatic nitrogens is 1. The van der Waals surface area contributed by atoms with E-state index in [-0.39, 0.29) is 5.41 Å². The summed E-state index contributed by atoms with van der Waals surface area (Å²) in [4.78, 5) is 14.8. The number of rotatable bonds is 3. The third-order valence-electron chi connectivity index (χ3n) is 2.71. The molecule has 68 valence electrons. The second kappa shape index (κ2) is 2.92. The fourth-order valence-corrected chi connectivity index (χ4v) is 1.53. The molecule has 2 rings (SSSR count). The van der Waals surface area contributed by atoms with Crippen LogP contribution in [0.15, 0.2) is 18.3 Å². The smallest absolute Gasteiger partial charge is 0.150 e. The highest BCUT2D eigenvalue weighted by atomic mass is 16.1. The number of nitrogens with two attached hydrogens (primary N) is 1. The van der Waals surface area contributed by atoms with Crippen LogP contribution >= 0.6 is 0 Å². The van der Waals surface area contributed by atoms with E-state index in [0.717, 1.165) is 24.8 Å². The van der Waals surface area contributed by atoms with Crippen LogP contribution in [0.5, 0.6) is 0 Å². The number of nitrogens with zero attached hydrogens (tertiary/aromatic N) is 1. The zero-order valence-electron chi connectivity index (χ0n) is 7.36. The second-order valence-electron chi connectivity index (χ2n) is 3.58. The number of aldehydes is 1. The molecule has 1 heterocycles. The number of hydrogen-bond acceptors (Lipinski definition) is 3. The van der Waals surface area contributed by atoms with Crippen LogP contribution < -0.4 is 5.73 Å². The van der Waals surface area contributed by atoms with Crippen LogP contribution in [-0.4, -0.2) is 17.8 Å². The van der Waals surface area contributed by atoms with Gasteiger partial charge in [-0.25, -0.2) is 0 Å². The third-order valence-corrected chi connectivity index (χ3v) is 2.71. The summed E-state index contributed by atoms with van der Waals surface area (Å²) in [6.07, 6.45) is 4.71. The first-order valence-corrected chi connectivity index (χ1v) is 4.42. The fourth-order valence-electron chi connectivity index (χ4n) is 1.53. The molecule has 0 unspecified atom stereocenters. The van der Waals surface area contributed by atoms with Gasteiger partial charge in [0.2, 0.25) is 0 Å². The molecule has 0 amide bonds. The third kappa shape index (κ3) is 1.35. The van der Waals surface area contributed by atoms with Crippen molar-refractivity contribution in [2.75, 3.05) is 6.54 Å². The Morgan fingerprint density at radius 3 is 2.92 bits per heavy atom. The fraction of sp³-hybridized carbons (Fsp3) is 0.400. The summed E-state index contributed by atoms with van der Waals surface area (Å²) in [6, 6.07) is 3.55. The van der Waals surface area contributed by atoms with E-state index in [1.165, 1.54) is 0 Å². The minimum atomic E-state index is 0.0824. The largest absolute Gasteiger partial charge is 0.330 e. The van der Waals surface area contributed by atoms with Gasteiger partial charge in [-0.1, -0.05) is 0 Å². The minimum absolute atomic E-state index is 0.0824. The van der Waals surface area contributed by atoms with E-state index < -0.39 is 0 Å². The standard InChI is InChI=1S/C10H12N2O/c11-7-10(2-3-10)9-5-8(6-13)1-4-12-9/h1,4-6H,2-3,7,11H2. The van der Waals surface area contributed by atoms with Crippen LogP contribution in [0.25, 0.3) is 0 Å². The van der Waals surface area contributed by atoms with Crippen molar-refractivity contribution < 1.29 is 4.79 Å². The van der Waals surface area contributed by atoms with Gasteiger partial charge in [-0.2, -0.15) is 0 Å². The molecule has 3 heteroatoms. The summed E-state index contributed by atoms with van der Waals surface area (Å²) >= 11 is 0. The van der Waals surface area contributed by atoms with Gasteiger partial charge < -0.3 is 5.73 Å². The van der Waals surface area contributed by atoms with E-state index in [1.807, 2.05) is 6.07 Å². The average Bonchev–Trinajstić information content (AvgIpc) is 2.99. The molecular weight excluding hydrogens is 164 g/mol.